The molecule has 1 aliphatic carbocycles. The molecule has 0 radical (unpaired) electrons. The van der Waals surface area contributed by atoms with E-state index in [1.807, 2.05) is 6.26 Å². The van der Waals surface area contributed by atoms with Crippen LogP contribution < -0.4 is 24.3 Å². The molecule has 0 saturated heterocycles. The number of aromatic hydroxyl groups is 1. The SMILES string of the molecule is COc1cc(C(CC(=O)NC(CCSC)c2nc(C)no2)C2=C(O)C3(Oc4c(Cl)c(OC)cc(OC)c4C3=O)C(C)CC2=O)ccc1O. The summed E-state index contributed by atoms with van der Waals surface area (Å²) in [5, 5.41) is 29.2. The normalized spacial score (nSPS) is 19.9. The van der Waals surface area contributed by atoms with E-state index in [2.05, 4.69) is 15.5 Å². The standard InChI is InChI=1S/C33H36ClN3O10S/c1-15-11-21(39)26(30(41)33(15)31(42)27-23(44-4)14-24(45-5)28(34)29(27)46-33)18(17-7-8-20(38)22(12-17)43-3)13-25(40)36-19(9-10-48-6)32-35-16(2)37-47-32/h7-8,12,14-15,18-19,38,41H,9-11,13H2,1-6H3,(H,36,40). The van der Waals surface area contributed by atoms with Crippen molar-refractivity contribution in [2.45, 2.75) is 50.7 Å². The summed E-state index contributed by atoms with van der Waals surface area (Å²) in [6, 6.07) is 5.15. The number of carbonyl (C=O) groups is 3. The lowest BCUT2D eigenvalue weighted by Crippen LogP contribution is -2.53. The molecule has 0 saturated carbocycles. The monoisotopic (exact) mass is 701 g/mol. The number of nitrogens with zero attached hydrogens (tertiary/aromatic N) is 2. The van der Waals surface area contributed by atoms with Gasteiger partial charge in [0.15, 0.2) is 34.6 Å². The third-order valence-corrected chi connectivity index (χ3v) is 9.64. The van der Waals surface area contributed by atoms with Gasteiger partial charge in [0.1, 0.15) is 28.1 Å². The van der Waals surface area contributed by atoms with Crippen molar-refractivity contribution in [1.29, 1.82) is 0 Å². The van der Waals surface area contributed by atoms with Gasteiger partial charge in [-0.3, -0.25) is 14.4 Å². The van der Waals surface area contributed by atoms with E-state index >= 15 is 0 Å². The highest BCUT2D eigenvalue weighted by Crippen LogP contribution is 2.56. The Hall–Kier alpha value is -4.43. The number of phenolic OH excluding ortho intramolecular Hbond substituents is 1. The average molecular weight is 702 g/mol. The van der Waals surface area contributed by atoms with Crippen LogP contribution in [-0.4, -0.2) is 76.8 Å². The highest BCUT2D eigenvalue weighted by molar-refractivity contribution is 7.98. The van der Waals surface area contributed by atoms with Gasteiger partial charge in [0, 0.05) is 36.3 Å². The van der Waals surface area contributed by atoms with Gasteiger partial charge in [-0.15, -0.1) is 0 Å². The number of hydrogen-bond acceptors (Lipinski definition) is 13. The van der Waals surface area contributed by atoms with E-state index in [0.717, 1.165) is 0 Å². The summed E-state index contributed by atoms with van der Waals surface area (Å²) in [4.78, 5) is 46.4. The van der Waals surface area contributed by atoms with Crippen molar-refractivity contribution in [2.75, 3.05) is 33.3 Å². The molecule has 2 aromatic carbocycles. The second-order valence-electron chi connectivity index (χ2n) is 11.5. The molecule has 2 heterocycles. The fourth-order valence-corrected chi connectivity index (χ4v) is 6.96. The largest absolute Gasteiger partial charge is 0.507 e. The Labute approximate surface area is 285 Å². The van der Waals surface area contributed by atoms with Gasteiger partial charge in [-0.25, -0.2) is 0 Å². The van der Waals surface area contributed by atoms with E-state index in [9.17, 15) is 24.6 Å². The number of halogens is 1. The van der Waals surface area contributed by atoms with Gasteiger partial charge in [0.25, 0.3) is 0 Å². The van der Waals surface area contributed by atoms with E-state index < -0.39 is 46.7 Å². The third-order valence-electron chi connectivity index (χ3n) is 8.64. The number of methoxy groups -OCH3 is 3. The lowest BCUT2D eigenvalue weighted by Gasteiger charge is -2.38. The molecule has 5 rings (SSSR count). The number of fused-ring (bicyclic) bond motifs is 1. The Kier molecular flexibility index (Phi) is 10.2. The molecule has 3 N–H and O–H groups in total. The summed E-state index contributed by atoms with van der Waals surface area (Å²) in [6.07, 6.45) is 1.84. The number of allylic oxidation sites excluding steroid dienone is 1. The molecule has 4 unspecified atom stereocenters. The van der Waals surface area contributed by atoms with Crippen LogP contribution in [0.15, 0.2) is 40.1 Å². The Morgan fingerprint density at radius 2 is 1.85 bits per heavy atom. The number of hydrogen-bond donors (Lipinski definition) is 3. The fourth-order valence-electron chi connectivity index (χ4n) is 6.22. The molecular formula is C33H36ClN3O10S. The lowest BCUT2D eigenvalue weighted by molar-refractivity contribution is -0.122. The summed E-state index contributed by atoms with van der Waals surface area (Å²) in [5.41, 5.74) is -1.92. The van der Waals surface area contributed by atoms with Crippen LogP contribution in [0, 0.1) is 12.8 Å². The fraction of sp³-hybridized carbons (Fsp3) is 0.424. The Morgan fingerprint density at radius 1 is 1.15 bits per heavy atom. The highest BCUT2D eigenvalue weighted by Gasteiger charge is 2.61. The minimum Gasteiger partial charge on any atom is -0.507 e. The van der Waals surface area contributed by atoms with Crippen molar-refractivity contribution < 1.29 is 48.1 Å². The Morgan fingerprint density at radius 3 is 2.48 bits per heavy atom. The van der Waals surface area contributed by atoms with Crippen molar-refractivity contribution in [3.8, 4) is 28.7 Å². The number of ether oxygens (including phenoxy) is 4. The number of carbonyl (C=O) groups excluding carboxylic acids is 3. The number of aromatic nitrogens is 2. The Bertz CT molecular complexity index is 1790. The molecule has 3 aromatic rings. The summed E-state index contributed by atoms with van der Waals surface area (Å²) in [7, 11) is 4.12. The van der Waals surface area contributed by atoms with Gasteiger partial charge in [-0.2, -0.15) is 16.7 Å². The van der Waals surface area contributed by atoms with E-state index in [0.29, 0.717) is 23.6 Å². The topological polar surface area (TPSA) is 180 Å². The first-order valence-corrected chi connectivity index (χ1v) is 16.8. The van der Waals surface area contributed by atoms with Crippen molar-refractivity contribution in [2.24, 2.45) is 5.92 Å². The molecule has 1 aliphatic heterocycles. The Balaban J connectivity index is 1.63. The van der Waals surface area contributed by atoms with E-state index in [-0.39, 0.29) is 63.6 Å². The molecule has 15 heteroatoms. The number of amides is 1. The zero-order valence-corrected chi connectivity index (χ0v) is 28.8. The molecule has 2 aliphatic rings. The van der Waals surface area contributed by atoms with Gasteiger partial charge < -0.3 is 39.0 Å². The second-order valence-corrected chi connectivity index (χ2v) is 12.9. The van der Waals surface area contributed by atoms with Crippen LogP contribution in [0.2, 0.25) is 5.02 Å². The molecular weight excluding hydrogens is 666 g/mol. The molecule has 1 amide bonds. The van der Waals surface area contributed by atoms with Crippen molar-refractivity contribution in [3.63, 3.8) is 0 Å². The van der Waals surface area contributed by atoms with Crippen LogP contribution in [-0.2, 0) is 9.59 Å². The smallest absolute Gasteiger partial charge is 0.249 e. The van der Waals surface area contributed by atoms with Crippen LogP contribution in [0.5, 0.6) is 28.7 Å². The number of aliphatic hydroxyl groups excluding tert-OH is 1. The maximum atomic E-state index is 14.3. The van der Waals surface area contributed by atoms with Crippen LogP contribution in [0.25, 0.3) is 0 Å². The summed E-state index contributed by atoms with van der Waals surface area (Å²) < 4.78 is 27.8. The minimum absolute atomic E-state index is 0.0104. The van der Waals surface area contributed by atoms with Crippen molar-refractivity contribution in [3.05, 3.63) is 63.5 Å². The van der Waals surface area contributed by atoms with Gasteiger partial charge in [0.05, 0.1) is 21.3 Å². The lowest BCUT2D eigenvalue weighted by atomic mass is 9.69. The number of rotatable bonds is 12. The molecule has 13 nitrogen and oxygen atoms in total. The summed E-state index contributed by atoms with van der Waals surface area (Å²) in [5.74, 6) is -2.84. The number of Topliss-reactive ketones (excluding diaryl/α,β-unsaturated/α-hetero) is 2. The van der Waals surface area contributed by atoms with Gasteiger partial charge >= 0.3 is 0 Å². The van der Waals surface area contributed by atoms with E-state index in [1.54, 1.807) is 25.6 Å². The number of aryl methyl sites for hydroxylation is 1. The number of thioether (sulfide) groups is 1. The zero-order chi connectivity index (χ0) is 34.9. The first-order chi connectivity index (χ1) is 22.9. The molecule has 0 fully saturated rings. The van der Waals surface area contributed by atoms with Crippen LogP contribution in [0.4, 0.5) is 0 Å². The number of aliphatic hydroxyl groups is 1. The molecule has 1 spiro atoms. The van der Waals surface area contributed by atoms with E-state index in [4.69, 9.17) is 35.1 Å². The van der Waals surface area contributed by atoms with Crippen LogP contribution in [0.3, 0.4) is 0 Å². The quantitative estimate of drug-likeness (QED) is 0.222. The predicted molar refractivity (Wildman–Crippen MR) is 176 cm³/mol. The van der Waals surface area contributed by atoms with Crippen molar-refractivity contribution in [1.82, 2.24) is 15.5 Å². The summed E-state index contributed by atoms with van der Waals surface area (Å²) in [6.45, 7) is 3.28. The number of benzene rings is 2. The van der Waals surface area contributed by atoms with Crippen molar-refractivity contribution >= 4 is 40.8 Å². The predicted octanol–water partition coefficient (Wildman–Crippen LogP) is 5.28. The first-order valence-electron chi connectivity index (χ1n) is 15.0. The molecule has 4 atom stereocenters. The number of phenols is 1. The number of nitrogens with one attached hydrogen (secondary N) is 1. The molecule has 256 valence electrons. The molecule has 0 bridgehead atoms. The second kappa shape index (κ2) is 14.0. The van der Waals surface area contributed by atoms with Crippen LogP contribution in [0.1, 0.15) is 65.8 Å². The average Bonchev–Trinajstić information content (AvgIpc) is 3.64. The molecule has 48 heavy (non-hydrogen) atoms. The maximum Gasteiger partial charge on any atom is 0.249 e. The number of ketones is 2. The highest BCUT2D eigenvalue weighted by atomic mass is 35.5. The van der Waals surface area contributed by atoms with Gasteiger partial charge in [-0.05, 0) is 43.0 Å². The summed E-state index contributed by atoms with van der Waals surface area (Å²) >= 11 is 8.17. The first kappa shape index (κ1) is 34.9. The zero-order valence-electron chi connectivity index (χ0n) is 27.2. The van der Waals surface area contributed by atoms with E-state index in [1.165, 1.54) is 45.6 Å². The van der Waals surface area contributed by atoms with Crippen LogP contribution >= 0.6 is 23.4 Å². The third kappa shape index (κ3) is 6.02. The minimum atomic E-state index is -2.06. The van der Waals surface area contributed by atoms with Gasteiger partial charge in [-0.1, -0.05) is 29.7 Å². The van der Waals surface area contributed by atoms with Gasteiger partial charge in [0.2, 0.25) is 23.2 Å². The maximum absolute atomic E-state index is 14.3. The molecule has 1 aromatic heterocycles.